The summed E-state index contributed by atoms with van der Waals surface area (Å²) in [6.07, 6.45) is -1.41. The lowest BCUT2D eigenvalue weighted by molar-refractivity contribution is -0.245. The molecule has 0 aliphatic carbocycles. The zero-order valence-corrected chi connectivity index (χ0v) is 23.9. The molecule has 1 heterocycles. The number of carboxylic acid groups (broad SMARTS) is 1. The lowest BCUT2D eigenvalue weighted by Gasteiger charge is -2.36. The summed E-state index contributed by atoms with van der Waals surface area (Å²) in [6, 6.07) is 19.4. The van der Waals surface area contributed by atoms with Crippen molar-refractivity contribution in [2.24, 2.45) is 0 Å². The second-order valence-electron chi connectivity index (χ2n) is 10.0. The van der Waals surface area contributed by atoms with Crippen molar-refractivity contribution in [2.45, 2.75) is 36.4 Å². The molecule has 3 atom stereocenters. The van der Waals surface area contributed by atoms with Crippen LogP contribution in [-0.2, 0) is 16.1 Å². The van der Waals surface area contributed by atoms with Gasteiger partial charge in [0.2, 0.25) is 5.82 Å². The second-order valence-corrected chi connectivity index (χ2v) is 11.1. The number of nitrogens with one attached hydrogen (secondary N) is 1. The Morgan fingerprint density at radius 3 is 2.09 bits per heavy atom. The van der Waals surface area contributed by atoms with Crippen molar-refractivity contribution >= 4 is 29.3 Å². The highest BCUT2D eigenvalue weighted by Gasteiger charge is 2.33. The molecule has 0 aromatic heterocycles. The van der Waals surface area contributed by atoms with Gasteiger partial charge in [-0.15, -0.1) is 11.8 Å². The molecule has 13 heteroatoms. The molecule has 5 rings (SSSR count). The zero-order valence-electron chi connectivity index (χ0n) is 23.1. The van der Waals surface area contributed by atoms with Crippen LogP contribution < -0.4 is 5.32 Å². The third-order valence-electron chi connectivity index (χ3n) is 7.01. The summed E-state index contributed by atoms with van der Waals surface area (Å²) in [5.41, 5.74) is 0.408. The number of aromatic carboxylic acids is 1. The third-order valence-corrected chi connectivity index (χ3v) is 8.15. The van der Waals surface area contributed by atoms with Gasteiger partial charge in [0.1, 0.15) is 5.56 Å². The first-order valence-electron chi connectivity index (χ1n) is 13.4. The van der Waals surface area contributed by atoms with E-state index < -0.39 is 58.9 Å². The average molecular weight is 646 g/mol. The monoisotopic (exact) mass is 645 g/mol. The second kappa shape index (κ2) is 13.8. The Morgan fingerprint density at radius 2 is 1.47 bits per heavy atom. The number of thioether (sulfide) groups is 1. The molecule has 1 amide bonds. The SMILES string of the molecule is O=C(O)c1ccc(SC[C@H]2C[C@@H](c3ccc(CO)cc3)O[C@@H](c3cccc(NC(=O)c4c(F)c(F)c(F)c(F)c4F)c3)O2)cc1. The van der Waals surface area contributed by atoms with Gasteiger partial charge in [0.25, 0.3) is 5.91 Å². The van der Waals surface area contributed by atoms with Crippen LogP contribution in [0.2, 0.25) is 0 Å². The van der Waals surface area contributed by atoms with Crippen LogP contribution in [0.15, 0.2) is 77.7 Å². The van der Waals surface area contributed by atoms with E-state index in [0.29, 0.717) is 23.3 Å². The topological polar surface area (TPSA) is 105 Å². The maximum Gasteiger partial charge on any atom is 0.335 e. The van der Waals surface area contributed by atoms with Gasteiger partial charge >= 0.3 is 5.97 Å². The predicted octanol–water partition coefficient (Wildman–Crippen LogP) is 7.16. The molecule has 0 bridgehead atoms. The van der Waals surface area contributed by atoms with E-state index in [1.807, 2.05) is 12.1 Å². The van der Waals surface area contributed by atoms with E-state index in [9.17, 15) is 36.6 Å². The van der Waals surface area contributed by atoms with Crippen molar-refractivity contribution in [2.75, 3.05) is 11.1 Å². The Morgan fingerprint density at radius 1 is 0.822 bits per heavy atom. The van der Waals surface area contributed by atoms with Gasteiger partial charge in [-0.3, -0.25) is 4.79 Å². The van der Waals surface area contributed by atoms with E-state index in [2.05, 4.69) is 5.32 Å². The Hall–Kier alpha value is -4.30. The van der Waals surface area contributed by atoms with Crippen LogP contribution in [0.25, 0.3) is 0 Å². The zero-order chi connectivity index (χ0) is 32.2. The molecular formula is C32H24F5NO6S. The number of benzene rings is 4. The van der Waals surface area contributed by atoms with Crippen LogP contribution in [0, 0.1) is 29.1 Å². The summed E-state index contributed by atoms with van der Waals surface area (Å²) >= 11 is 1.44. The smallest absolute Gasteiger partial charge is 0.335 e. The highest BCUT2D eigenvalue weighted by molar-refractivity contribution is 7.99. The minimum absolute atomic E-state index is 0.0208. The lowest BCUT2D eigenvalue weighted by Crippen LogP contribution is -2.31. The lowest BCUT2D eigenvalue weighted by atomic mass is 10.0. The number of aliphatic hydroxyl groups excluding tert-OH is 1. The first-order chi connectivity index (χ1) is 21.5. The highest BCUT2D eigenvalue weighted by atomic mass is 32.2. The van der Waals surface area contributed by atoms with Crippen LogP contribution in [0.1, 0.15) is 56.2 Å². The van der Waals surface area contributed by atoms with Crippen LogP contribution in [0.3, 0.4) is 0 Å². The van der Waals surface area contributed by atoms with Crippen LogP contribution in [0.4, 0.5) is 27.6 Å². The molecule has 0 saturated carbocycles. The van der Waals surface area contributed by atoms with Crippen LogP contribution in [-0.4, -0.2) is 33.9 Å². The molecule has 0 unspecified atom stereocenters. The number of carbonyl (C=O) groups excluding carboxylic acids is 1. The molecule has 4 aromatic carbocycles. The normalized spacial score (nSPS) is 18.0. The maximum absolute atomic E-state index is 14.2. The van der Waals surface area contributed by atoms with E-state index in [1.54, 1.807) is 30.3 Å². The molecule has 1 aliphatic heterocycles. The quantitative estimate of drug-likeness (QED) is 0.0768. The number of amides is 1. The molecule has 7 nitrogen and oxygen atoms in total. The van der Waals surface area contributed by atoms with Gasteiger partial charge in [0.15, 0.2) is 29.6 Å². The molecule has 0 spiro atoms. The number of hydrogen-bond acceptors (Lipinski definition) is 6. The maximum atomic E-state index is 14.2. The van der Waals surface area contributed by atoms with E-state index >= 15 is 0 Å². The number of hydrogen-bond donors (Lipinski definition) is 3. The Labute approximate surface area is 257 Å². The summed E-state index contributed by atoms with van der Waals surface area (Å²) in [7, 11) is 0. The average Bonchev–Trinajstić information content (AvgIpc) is 3.05. The number of ether oxygens (including phenoxy) is 2. The minimum atomic E-state index is -2.37. The number of anilines is 1. The molecule has 234 valence electrons. The summed E-state index contributed by atoms with van der Waals surface area (Å²) in [5, 5.41) is 20.7. The van der Waals surface area contributed by atoms with Crippen LogP contribution in [0.5, 0.6) is 0 Å². The molecule has 0 radical (unpaired) electrons. The number of carboxylic acids is 1. The molecule has 4 aromatic rings. The van der Waals surface area contributed by atoms with Gasteiger partial charge in [0.05, 0.1) is 24.4 Å². The third kappa shape index (κ3) is 7.17. The Bertz CT molecular complexity index is 1690. The standard InChI is InChI=1S/C32H24F5NO6S/c33-25-24(26(34)28(36)29(37)27(25)35)30(40)38-20-3-1-2-19(12-20)32-43-21(15-45-22-10-8-18(9-11-22)31(41)42)13-23(44-32)17-6-4-16(14-39)5-7-17/h1-12,21,23,32,39H,13-15H2,(H,38,40)(H,41,42)/t21-,23+,32+/m1/s1. The fourth-order valence-corrected chi connectivity index (χ4v) is 5.59. The summed E-state index contributed by atoms with van der Waals surface area (Å²) in [4.78, 5) is 24.6. The first-order valence-corrected chi connectivity index (χ1v) is 14.4. The minimum Gasteiger partial charge on any atom is -0.478 e. The summed E-state index contributed by atoms with van der Waals surface area (Å²) in [5.74, 6) is -13.5. The summed E-state index contributed by atoms with van der Waals surface area (Å²) < 4.78 is 81.7. The van der Waals surface area contributed by atoms with Crippen molar-refractivity contribution in [1.82, 2.24) is 0 Å². The van der Waals surface area contributed by atoms with E-state index in [1.165, 1.54) is 42.1 Å². The largest absolute Gasteiger partial charge is 0.478 e. The Kier molecular flexibility index (Phi) is 9.83. The fraction of sp³-hybridized carbons (Fsp3) is 0.188. The molecule has 1 saturated heterocycles. The highest BCUT2D eigenvalue weighted by Crippen LogP contribution is 2.40. The van der Waals surface area contributed by atoms with Crippen molar-refractivity contribution in [3.05, 3.63) is 130 Å². The van der Waals surface area contributed by atoms with Gasteiger partial charge in [0, 0.05) is 28.3 Å². The van der Waals surface area contributed by atoms with E-state index in [0.717, 1.165) is 10.5 Å². The summed E-state index contributed by atoms with van der Waals surface area (Å²) in [6.45, 7) is -0.138. The predicted molar refractivity (Wildman–Crippen MR) is 153 cm³/mol. The van der Waals surface area contributed by atoms with Gasteiger partial charge < -0.3 is 25.0 Å². The number of rotatable bonds is 9. The van der Waals surface area contributed by atoms with Crippen molar-refractivity contribution in [3.63, 3.8) is 0 Å². The fourth-order valence-electron chi connectivity index (χ4n) is 4.67. The van der Waals surface area contributed by atoms with Crippen molar-refractivity contribution in [3.8, 4) is 0 Å². The van der Waals surface area contributed by atoms with Gasteiger partial charge in [-0.25, -0.2) is 26.7 Å². The van der Waals surface area contributed by atoms with Crippen molar-refractivity contribution in [1.29, 1.82) is 0 Å². The van der Waals surface area contributed by atoms with Gasteiger partial charge in [-0.2, -0.15) is 0 Å². The number of carbonyl (C=O) groups is 2. The van der Waals surface area contributed by atoms with E-state index in [4.69, 9.17) is 14.6 Å². The van der Waals surface area contributed by atoms with Gasteiger partial charge in [-0.1, -0.05) is 36.4 Å². The number of halogens is 5. The number of aliphatic hydroxyl groups is 1. The molecule has 45 heavy (non-hydrogen) atoms. The molecular weight excluding hydrogens is 621 g/mol. The Balaban J connectivity index is 1.37. The van der Waals surface area contributed by atoms with Crippen molar-refractivity contribution < 1.29 is 51.2 Å². The van der Waals surface area contributed by atoms with E-state index in [-0.39, 0.29) is 24.0 Å². The molecule has 1 aliphatic rings. The van der Waals surface area contributed by atoms with Gasteiger partial charge in [-0.05, 0) is 47.5 Å². The molecule has 1 fully saturated rings. The first kappa shape index (κ1) is 32.1. The molecule has 3 N–H and O–H groups in total. The van der Waals surface area contributed by atoms with Crippen LogP contribution >= 0.6 is 11.8 Å².